The molecule has 1 aliphatic heterocycles. The minimum absolute atomic E-state index is 0.157. The quantitative estimate of drug-likeness (QED) is 0.602. The second-order valence-electron chi connectivity index (χ2n) is 2.51. The lowest BCUT2D eigenvalue weighted by atomic mass is 10.1. The molecule has 0 aliphatic carbocycles. The minimum Gasteiger partial charge on any atom is -0.394 e. The van der Waals surface area contributed by atoms with Crippen LogP contribution in [0.5, 0.6) is 0 Å². The predicted octanol–water partition coefficient (Wildman–Crippen LogP) is 0.793. The molecule has 4 heteroatoms. The SMILES string of the molecule is OCC1CCC(F)(F)CO1. The van der Waals surface area contributed by atoms with Gasteiger partial charge in [-0.1, -0.05) is 0 Å². The Hall–Kier alpha value is -0.220. The molecule has 1 N–H and O–H groups in total. The van der Waals surface area contributed by atoms with Gasteiger partial charge >= 0.3 is 0 Å². The predicted molar refractivity (Wildman–Crippen MR) is 31.0 cm³/mol. The summed E-state index contributed by atoms with van der Waals surface area (Å²) in [4.78, 5) is 0. The molecule has 1 aliphatic rings. The lowest BCUT2D eigenvalue weighted by molar-refractivity contribution is -0.151. The van der Waals surface area contributed by atoms with E-state index in [1.165, 1.54) is 0 Å². The van der Waals surface area contributed by atoms with Gasteiger partial charge in [0.2, 0.25) is 0 Å². The first kappa shape index (κ1) is 7.88. The van der Waals surface area contributed by atoms with Crippen LogP contribution in [0.25, 0.3) is 0 Å². The van der Waals surface area contributed by atoms with Crippen molar-refractivity contribution in [2.24, 2.45) is 0 Å². The summed E-state index contributed by atoms with van der Waals surface area (Å²) < 4.78 is 29.3. The molecule has 1 rings (SSSR count). The maximum Gasteiger partial charge on any atom is 0.271 e. The van der Waals surface area contributed by atoms with Crippen molar-refractivity contribution in [3.63, 3.8) is 0 Å². The fraction of sp³-hybridized carbons (Fsp3) is 1.00. The third-order valence-electron chi connectivity index (χ3n) is 1.57. The number of hydrogen-bond donors (Lipinski definition) is 1. The minimum atomic E-state index is -2.67. The van der Waals surface area contributed by atoms with Gasteiger partial charge in [-0.05, 0) is 6.42 Å². The normalized spacial score (nSPS) is 32.1. The Morgan fingerprint density at radius 2 is 2.30 bits per heavy atom. The van der Waals surface area contributed by atoms with Crippen LogP contribution in [0.15, 0.2) is 0 Å². The molecule has 1 heterocycles. The van der Waals surface area contributed by atoms with Gasteiger partial charge in [0.05, 0.1) is 12.7 Å². The molecule has 1 fully saturated rings. The average Bonchev–Trinajstić information content (AvgIpc) is 1.88. The molecule has 0 bridgehead atoms. The lowest BCUT2D eigenvalue weighted by Crippen LogP contribution is -2.36. The van der Waals surface area contributed by atoms with Gasteiger partial charge in [0.15, 0.2) is 0 Å². The second-order valence-corrected chi connectivity index (χ2v) is 2.51. The van der Waals surface area contributed by atoms with Crippen molar-refractivity contribution in [1.29, 1.82) is 0 Å². The first-order chi connectivity index (χ1) is 4.64. The maximum absolute atomic E-state index is 12.3. The maximum atomic E-state index is 12.3. The summed E-state index contributed by atoms with van der Waals surface area (Å²) in [5.74, 6) is -2.67. The van der Waals surface area contributed by atoms with E-state index < -0.39 is 12.5 Å². The van der Waals surface area contributed by atoms with Crippen LogP contribution in [0.4, 0.5) is 8.78 Å². The molecule has 10 heavy (non-hydrogen) atoms. The van der Waals surface area contributed by atoms with Gasteiger partial charge in [-0.2, -0.15) is 0 Å². The van der Waals surface area contributed by atoms with Crippen molar-refractivity contribution < 1.29 is 18.6 Å². The van der Waals surface area contributed by atoms with Crippen LogP contribution in [0.2, 0.25) is 0 Å². The van der Waals surface area contributed by atoms with Crippen molar-refractivity contribution >= 4 is 0 Å². The monoisotopic (exact) mass is 152 g/mol. The largest absolute Gasteiger partial charge is 0.394 e. The van der Waals surface area contributed by atoms with Gasteiger partial charge in [0.25, 0.3) is 5.92 Å². The Morgan fingerprint density at radius 1 is 1.60 bits per heavy atom. The summed E-state index contributed by atoms with van der Waals surface area (Å²) >= 11 is 0. The zero-order valence-electron chi connectivity index (χ0n) is 5.52. The van der Waals surface area contributed by atoms with Crippen molar-refractivity contribution in [1.82, 2.24) is 0 Å². The van der Waals surface area contributed by atoms with Gasteiger partial charge in [0, 0.05) is 6.42 Å². The van der Waals surface area contributed by atoms with Gasteiger partial charge in [0.1, 0.15) is 6.61 Å². The number of hydrogen-bond acceptors (Lipinski definition) is 2. The standard InChI is InChI=1S/C6H10F2O2/c7-6(8)2-1-5(3-9)10-4-6/h5,9H,1-4H2. The summed E-state index contributed by atoms with van der Waals surface area (Å²) in [6.45, 7) is -0.700. The van der Waals surface area contributed by atoms with E-state index in [-0.39, 0.29) is 25.6 Å². The third kappa shape index (κ3) is 1.88. The molecule has 1 saturated heterocycles. The average molecular weight is 152 g/mol. The van der Waals surface area contributed by atoms with E-state index in [0.29, 0.717) is 0 Å². The van der Waals surface area contributed by atoms with Crippen LogP contribution in [0, 0.1) is 0 Å². The van der Waals surface area contributed by atoms with Crippen LogP contribution in [0.1, 0.15) is 12.8 Å². The highest BCUT2D eigenvalue weighted by molar-refractivity contribution is 4.74. The highest BCUT2D eigenvalue weighted by Gasteiger charge is 2.35. The second kappa shape index (κ2) is 2.80. The lowest BCUT2D eigenvalue weighted by Gasteiger charge is -2.27. The van der Waals surface area contributed by atoms with E-state index in [2.05, 4.69) is 4.74 Å². The molecule has 0 amide bonds. The van der Waals surface area contributed by atoms with Crippen molar-refractivity contribution in [3.8, 4) is 0 Å². The smallest absolute Gasteiger partial charge is 0.271 e. The van der Waals surface area contributed by atoms with Gasteiger partial charge in [-0.25, -0.2) is 8.78 Å². The van der Waals surface area contributed by atoms with E-state index in [1.807, 2.05) is 0 Å². The fourth-order valence-corrected chi connectivity index (χ4v) is 0.911. The number of halogens is 2. The van der Waals surface area contributed by atoms with Crippen LogP contribution in [0.3, 0.4) is 0 Å². The van der Waals surface area contributed by atoms with E-state index in [9.17, 15) is 8.78 Å². The topological polar surface area (TPSA) is 29.5 Å². The number of aliphatic hydroxyl groups excluding tert-OH is 1. The fourth-order valence-electron chi connectivity index (χ4n) is 0.911. The zero-order valence-corrected chi connectivity index (χ0v) is 5.52. The first-order valence-corrected chi connectivity index (χ1v) is 3.24. The molecule has 1 unspecified atom stereocenters. The van der Waals surface area contributed by atoms with E-state index >= 15 is 0 Å². The van der Waals surface area contributed by atoms with Gasteiger partial charge in [-0.3, -0.25) is 0 Å². The summed E-state index contributed by atoms with van der Waals surface area (Å²) in [5.41, 5.74) is 0. The molecule has 1 atom stereocenters. The molecule has 0 saturated carbocycles. The van der Waals surface area contributed by atoms with E-state index in [4.69, 9.17) is 5.11 Å². The summed E-state index contributed by atoms with van der Waals surface area (Å²) in [6, 6.07) is 0. The van der Waals surface area contributed by atoms with Gasteiger partial charge in [-0.15, -0.1) is 0 Å². The van der Waals surface area contributed by atoms with Crippen molar-refractivity contribution in [2.45, 2.75) is 24.9 Å². The highest BCUT2D eigenvalue weighted by Crippen LogP contribution is 2.27. The molecule has 60 valence electrons. The number of alkyl halides is 2. The van der Waals surface area contributed by atoms with Crippen LogP contribution < -0.4 is 0 Å². The third-order valence-corrected chi connectivity index (χ3v) is 1.57. The molecule has 0 aromatic carbocycles. The van der Waals surface area contributed by atoms with Gasteiger partial charge < -0.3 is 9.84 Å². The molecule has 0 aromatic rings. The van der Waals surface area contributed by atoms with Crippen molar-refractivity contribution in [2.75, 3.05) is 13.2 Å². The Morgan fingerprint density at radius 3 is 2.70 bits per heavy atom. The van der Waals surface area contributed by atoms with E-state index in [1.54, 1.807) is 0 Å². The Bertz CT molecular complexity index is 106. The number of ether oxygens (including phenoxy) is 1. The number of rotatable bonds is 1. The zero-order chi connectivity index (χ0) is 7.61. The van der Waals surface area contributed by atoms with Crippen LogP contribution >= 0.6 is 0 Å². The Labute approximate surface area is 57.8 Å². The molecular weight excluding hydrogens is 142 g/mol. The molecular formula is C6H10F2O2. The summed E-state index contributed by atoms with van der Waals surface area (Å²) in [7, 11) is 0. The summed E-state index contributed by atoms with van der Waals surface area (Å²) in [6.07, 6.45) is -0.290. The molecule has 0 aromatic heterocycles. The van der Waals surface area contributed by atoms with Crippen molar-refractivity contribution in [3.05, 3.63) is 0 Å². The first-order valence-electron chi connectivity index (χ1n) is 3.24. The van der Waals surface area contributed by atoms with Crippen LogP contribution in [-0.4, -0.2) is 30.3 Å². The molecule has 0 radical (unpaired) electrons. The van der Waals surface area contributed by atoms with Crippen LogP contribution in [-0.2, 0) is 4.74 Å². The highest BCUT2D eigenvalue weighted by atomic mass is 19.3. The summed E-state index contributed by atoms with van der Waals surface area (Å²) in [5, 5.41) is 8.49. The Kier molecular flexibility index (Phi) is 2.21. The molecule has 2 nitrogen and oxygen atoms in total. The van der Waals surface area contributed by atoms with E-state index in [0.717, 1.165) is 0 Å². The molecule has 0 spiro atoms. The number of aliphatic hydroxyl groups is 1. The Balaban J connectivity index is 2.31.